The van der Waals surface area contributed by atoms with Crippen LogP contribution in [0.15, 0.2) is 42.5 Å². The van der Waals surface area contributed by atoms with Gasteiger partial charge < -0.3 is 4.90 Å². The molecule has 1 aromatic heterocycles. The molecule has 0 unspecified atom stereocenters. The van der Waals surface area contributed by atoms with Crippen LogP contribution in [-0.2, 0) is 4.79 Å². The number of benzene rings is 1. The first-order valence-corrected chi connectivity index (χ1v) is 10.0. The Morgan fingerprint density at radius 3 is 2.75 bits per heavy atom. The maximum atomic E-state index is 13.2. The number of hydrogen-bond donors (Lipinski definition) is 0. The van der Waals surface area contributed by atoms with E-state index in [0.717, 1.165) is 43.5 Å². The van der Waals surface area contributed by atoms with E-state index in [1.807, 2.05) is 19.1 Å². The van der Waals surface area contributed by atoms with Crippen LogP contribution in [0.1, 0.15) is 54.7 Å². The second kappa shape index (κ2) is 7.46. The zero-order valence-corrected chi connectivity index (χ0v) is 16.2. The van der Waals surface area contributed by atoms with Crippen LogP contribution in [0.25, 0.3) is 0 Å². The summed E-state index contributed by atoms with van der Waals surface area (Å²) in [6.45, 7) is 2.54. The first-order valence-electron chi connectivity index (χ1n) is 10.0. The van der Waals surface area contributed by atoms with E-state index in [1.54, 1.807) is 23.1 Å². The van der Waals surface area contributed by atoms with Crippen molar-refractivity contribution in [3.05, 3.63) is 59.7 Å². The van der Waals surface area contributed by atoms with Crippen molar-refractivity contribution in [1.82, 2.24) is 4.98 Å². The van der Waals surface area contributed by atoms with E-state index in [4.69, 9.17) is 0 Å². The molecule has 1 aliphatic heterocycles. The van der Waals surface area contributed by atoms with Crippen LogP contribution in [0.5, 0.6) is 0 Å². The van der Waals surface area contributed by atoms with E-state index in [9.17, 15) is 14.0 Å². The molecule has 2 atom stereocenters. The van der Waals surface area contributed by atoms with Gasteiger partial charge in [-0.2, -0.15) is 0 Å². The average Bonchev–Trinajstić information content (AvgIpc) is 2.98. The number of aromatic nitrogens is 1. The predicted molar refractivity (Wildman–Crippen MR) is 106 cm³/mol. The number of rotatable bonds is 4. The van der Waals surface area contributed by atoms with Gasteiger partial charge in [0.25, 0.3) is 0 Å². The second-order valence-electron chi connectivity index (χ2n) is 8.22. The molecule has 1 aliphatic carbocycles. The Morgan fingerprint density at radius 2 is 2.00 bits per heavy atom. The van der Waals surface area contributed by atoms with E-state index >= 15 is 0 Å². The maximum absolute atomic E-state index is 13.2. The van der Waals surface area contributed by atoms with Gasteiger partial charge in [-0.05, 0) is 74.9 Å². The minimum atomic E-state index is -0.377. The lowest BCUT2D eigenvalue weighted by molar-refractivity contribution is -0.128. The Bertz CT molecular complexity index is 896. The third-order valence-corrected chi connectivity index (χ3v) is 6.25. The molecular formula is C23H25FN2O2. The molecule has 146 valence electrons. The Hall–Kier alpha value is -2.56. The highest BCUT2D eigenvalue weighted by molar-refractivity contribution is 6.00. The van der Waals surface area contributed by atoms with Crippen molar-refractivity contribution < 1.29 is 14.0 Å². The number of ketones is 1. The van der Waals surface area contributed by atoms with Gasteiger partial charge >= 0.3 is 0 Å². The summed E-state index contributed by atoms with van der Waals surface area (Å²) in [6.07, 6.45) is 4.81. The Labute approximate surface area is 164 Å². The smallest absolute Gasteiger partial charge is 0.233 e. The molecule has 1 amide bonds. The third kappa shape index (κ3) is 3.58. The summed E-state index contributed by atoms with van der Waals surface area (Å²) < 4.78 is 13.2. The molecule has 2 aromatic rings. The van der Waals surface area contributed by atoms with Crippen LogP contribution in [0.4, 0.5) is 10.1 Å². The van der Waals surface area contributed by atoms with Crippen LogP contribution in [-0.4, -0.2) is 23.2 Å². The summed E-state index contributed by atoms with van der Waals surface area (Å²) in [5.74, 6) is 0.100. The first-order chi connectivity index (χ1) is 13.5. The van der Waals surface area contributed by atoms with Crippen LogP contribution >= 0.6 is 0 Å². The predicted octanol–water partition coefficient (Wildman–Crippen LogP) is 4.72. The third-order valence-electron chi connectivity index (χ3n) is 6.25. The summed E-state index contributed by atoms with van der Waals surface area (Å²) in [6, 6.07) is 11.6. The lowest BCUT2D eigenvalue weighted by Gasteiger charge is -2.36. The fourth-order valence-electron chi connectivity index (χ4n) is 4.83. The number of pyridine rings is 1. The number of hydrogen-bond acceptors (Lipinski definition) is 3. The fourth-order valence-corrected chi connectivity index (χ4v) is 4.83. The largest absolute Gasteiger partial charge is 0.312 e. The van der Waals surface area contributed by atoms with Gasteiger partial charge in [0.2, 0.25) is 5.91 Å². The highest BCUT2D eigenvalue weighted by atomic mass is 19.1. The molecule has 1 saturated carbocycles. The van der Waals surface area contributed by atoms with Gasteiger partial charge in [-0.3, -0.25) is 14.6 Å². The molecule has 2 fully saturated rings. The molecule has 2 heterocycles. The highest BCUT2D eigenvalue weighted by Gasteiger charge is 2.49. The molecule has 4 rings (SSSR count). The van der Waals surface area contributed by atoms with Crippen molar-refractivity contribution in [2.75, 3.05) is 11.4 Å². The lowest BCUT2D eigenvalue weighted by Crippen LogP contribution is -2.38. The van der Waals surface area contributed by atoms with Gasteiger partial charge in [0.15, 0.2) is 5.78 Å². The van der Waals surface area contributed by atoms with Crippen molar-refractivity contribution in [3.63, 3.8) is 0 Å². The van der Waals surface area contributed by atoms with Crippen molar-refractivity contribution >= 4 is 17.4 Å². The standard InChI is InChI=1S/C23H25FN2O2/c1-16-4-2-6-20(25-16)21(27)14-17-5-3-11-23(15-17)12-13-26(22(23)28)19-9-7-18(24)8-10-19/h2,4,6-10,17H,3,5,11-15H2,1H3/t17-,23+/m1/s1. The zero-order valence-electron chi connectivity index (χ0n) is 16.2. The van der Waals surface area contributed by atoms with E-state index in [1.165, 1.54) is 12.1 Å². The normalized spacial score (nSPS) is 24.7. The minimum absolute atomic E-state index is 0.0617. The molecule has 0 bridgehead atoms. The van der Waals surface area contributed by atoms with Gasteiger partial charge in [-0.1, -0.05) is 12.5 Å². The topological polar surface area (TPSA) is 50.3 Å². The quantitative estimate of drug-likeness (QED) is 0.722. The number of Topliss-reactive ketones (excluding diaryl/α,β-unsaturated/α-hetero) is 1. The summed E-state index contributed by atoms with van der Waals surface area (Å²) in [4.78, 5) is 32.1. The van der Waals surface area contributed by atoms with Crippen LogP contribution < -0.4 is 4.90 Å². The van der Waals surface area contributed by atoms with Crippen molar-refractivity contribution in [2.45, 2.75) is 45.4 Å². The number of anilines is 1. The molecule has 5 heteroatoms. The Balaban J connectivity index is 1.46. The molecule has 2 aliphatic rings. The Morgan fingerprint density at radius 1 is 1.21 bits per heavy atom. The average molecular weight is 380 g/mol. The molecule has 28 heavy (non-hydrogen) atoms. The van der Waals surface area contributed by atoms with Crippen molar-refractivity contribution in [2.24, 2.45) is 11.3 Å². The molecular weight excluding hydrogens is 355 g/mol. The van der Waals surface area contributed by atoms with E-state index in [0.29, 0.717) is 18.7 Å². The number of carbonyl (C=O) groups is 2. The minimum Gasteiger partial charge on any atom is -0.312 e. The number of nitrogens with zero attached hydrogens (tertiary/aromatic N) is 2. The summed E-state index contributed by atoms with van der Waals surface area (Å²) in [5.41, 5.74) is 1.74. The van der Waals surface area contributed by atoms with E-state index < -0.39 is 0 Å². The summed E-state index contributed by atoms with van der Waals surface area (Å²) in [5, 5.41) is 0. The molecule has 1 saturated heterocycles. The van der Waals surface area contributed by atoms with E-state index in [2.05, 4.69) is 4.98 Å². The number of amides is 1. The van der Waals surface area contributed by atoms with Gasteiger partial charge in [-0.25, -0.2) is 4.39 Å². The van der Waals surface area contributed by atoms with Gasteiger partial charge in [0.1, 0.15) is 11.5 Å². The zero-order chi connectivity index (χ0) is 19.7. The molecule has 1 aromatic carbocycles. The van der Waals surface area contributed by atoms with Crippen molar-refractivity contribution in [1.29, 1.82) is 0 Å². The van der Waals surface area contributed by atoms with Crippen LogP contribution in [0.3, 0.4) is 0 Å². The van der Waals surface area contributed by atoms with Crippen molar-refractivity contribution in [3.8, 4) is 0 Å². The van der Waals surface area contributed by atoms with Gasteiger partial charge in [0, 0.05) is 24.3 Å². The molecule has 0 radical (unpaired) electrons. The van der Waals surface area contributed by atoms with Gasteiger partial charge in [-0.15, -0.1) is 0 Å². The lowest BCUT2D eigenvalue weighted by atomic mass is 9.67. The Kier molecular flexibility index (Phi) is 5.00. The number of halogens is 1. The first kappa shape index (κ1) is 18.8. The van der Waals surface area contributed by atoms with Crippen LogP contribution in [0.2, 0.25) is 0 Å². The maximum Gasteiger partial charge on any atom is 0.233 e. The number of aryl methyl sites for hydroxylation is 1. The second-order valence-corrected chi connectivity index (χ2v) is 8.22. The van der Waals surface area contributed by atoms with Crippen LogP contribution in [0, 0.1) is 24.1 Å². The monoisotopic (exact) mass is 380 g/mol. The summed E-state index contributed by atoms with van der Waals surface area (Å²) in [7, 11) is 0. The molecule has 0 N–H and O–H groups in total. The molecule has 4 nitrogen and oxygen atoms in total. The highest BCUT2D eigenvalue weighted by Crippen LogP contribution is 2.48. The SMILES string of the molecule is Cc1cccc(C(=O)C[C@H]2CCC[C@]3(CCN(c4ccc(F)cc4)C3=O)C2)n1. The molecule has 1 spiro atoms. The summed E-state index contributed by atoms with van der Waals surface area (Å²) >= 11 is 0. The van der Waals surface area contributed by atoms with Gasteiger partial charge in [0.05, 0.1) is 5.41 Å². The number of carbonyl (C=O) groups excluding carboxylic acids is 2. The fraction of sp³-hybridized carbons (Fsp3) is 0.435. The van der Waals surface area contributed by atoms with E-state index in [-0.39, 0.29) is 28.8 Å².